The van der Waals surface area contributed by atoms with Crippen molar-refractivity contribution in [2.24, 2.45) is 0 Å². The van der Waals surface area contributed by atoms with Crippen molar-refractivity contribution in [2.75, 3.05) is 84.4 Å². The van der Waals surface area contributed by atoms with Gasteiger partial charge in [-0.15, -0.1) is 0 Å². The smallest absolute Gasteiger partial charge is 0.335 e. The number of unbranched alkanes of at least 4 members (excludes halogenated alkanes) is 9. The first-order valence-electron chi connectivity index (χ1n) is 22.2. The predicted octanol–water partition coefficient (Wildman–Crippen LogP) is 4.43. The second kappa shape index (κ2) is 38.8. The molecule has 0 bridgehead atoms. The second-order valence-electron chi connectivity index (χ2n) is 15.1. The van der Waals surface area contributed by atoms with Crippen molar-refractivity contribution in [2.45, 2.75) is 122 Å². The molecule has 0 fully saturated rings. The lowest BCUT2D eigenvalue weighted by Crippen LogP contribution is -2.34. The highest BCUT2D eigenvalue weighted by Gasteiger charge is 2.11. The quantitative estimate of drug-likeness (QED) is 0.0396. The number of benzene rings is 1. The Bertz CT molecular complexity index is 1370. The van der Waals surface area contributed by atoms with Gasteiger partial charge in [0, 0.05) is 44.6 Å². The maximum Gasteiger partial charge on any atom is 0.335 e. The van der Waals surface area contributed by atoms with Crippen LogP contribution in [-0.4, -0.2) is 137 Å². The molecule has 0 unspecified atom stereocenters. The first-order valence-corrected chi connectivity index (χ1v) is 23.3. The van der Waals surface area contributed by atoms with Crippen LogP contribution >= 0.6 is 15.9 Å². The van der Waals surface area contributed by atoms with E-state index in [1.54, 1.807) is 24.3 Å². The number of halogens is 1. The van der Waals surface area contributed by atoms with E-state index < -0.39 is 5.97 Å². The minimum Gasteiger partial charge on any atom is -0.494 e. The standard InChI is InChI=1S/C44H74BrN5O12/c1-35(50-41(53)32-45)14-11-12-22-46-42(54)33-60-30-29-59-27-24-48-43(55)34-61-31-28-58-26-23-47-39(51)21-16-36(2)49-40(52)15-10-8-6-4-3-5-7-9-13-25-62-38-19-17-37(18-20-38)44(56)57/h17-20,35-36H,3-16,21-34H2,1-2H3,(H,46,54)(H,47,51)(H,48,55)(H,49,52)(H,50,53)(H,56,57)/t35-,36-/m0/s1. The van der Waals surface area contributed by atoms with E-state index in [4.69, 9.17) is 28.8 Å². The van der Waals surface area contributed by atoms with Crippen LogP contribution < -0.4 is 31.3 Å². The van der Waals surface area contributed by atoms with Crippen molar-refractivity contribution >= 4 is 51.4 Å². The van der Waals surface area contributed by atoms with Gasteiger partial charge in [0.15, 0.2) is 0 Å². The van der Waals surface area contributed by atoms with E-state index in [0.29, 0.717) is 64.5 Å². The van der Waals surface area contributed by atoms with E-state index >= 15 is 0 Å². The predicted molar refractivity (Wildman–Crippen MR) is 239 cm³/mol. The molecule has 62 heavy (non-hydrogen) atoms. The Morgan fingerprint density at radius 3 is 1.60 bits per heavy atom. The molecule has 0 aromatic heterocycles. The molecule has 0 aliphatic heterocycles. The van der Waals surface area contributed by atoms with Crippen LogP contribution in [0.3, 0.4) is 0 Å². The van der Waals surface area contributed by atoms with E-state index in [2.05, 4.69) is 42.5 Å². The number of hydrogen-bond acceptors (Lipinski definition) is 11. The molecule has 0 saturated carbocycles. The highest BCUT2D eigenvalue weighted by molar-refractivity contribution is 9.09. The summed E-state index contributed by atoms with van der Waals surface area (Å²) in [6.45, 7) is 7.16. The van der Waals surface area contributed by atoms with Gasteiger partial charge in [-0.2, -0.15) is 0 Å². The van der Waals surface area contributed by atoms with Crippen LogP contribution in [0, 0.1) is 0 Å². The van der Waals surface area contributed by atoms with Gasteiger partial charge in [0.1, 0.15) is 19.0 Å². The number of alkyl halides is 1. The van der Waals surface area contributed by atoms with Crippen LogP contribution in [0.15, 0.2) is 24.3 Å². The molecule has 0 aliphatic carbocycles. The topological polar surface area (TPSA) is 229 Å². The Morgan fingerprint density at radius 1 is 0.516 bits per heavy atom. The Morgan fingerprint density at radius 2 is 1.02 bits per heavy atom. The minimum atomic E-state index is -0.945. The molecule has 0 spiro atoms. The monoisotopic (exact) mass is 943 g/mol. The van der Waals surface area contributed by atoms with E-state index in [9.17, 15) is 28.8 Å². The van der Waals surface area contributed by atoms with Gasteiger partial charge in [-0.25, -0.2) is 4.79 Å². The van der Waals surface area contributed by atoms with Crippen LogP contribution in [0.4, 0.5) is 0 Å². The van der Waals surface area contributed by atoms with Gasteiger partial charge in [-0.1, -0.05) is 60.9 Å². The zero-order chi connectivity index (χ0) is 45.5. The lowest BCUT2D eigenvalue weighted by Gasteiger charge is -2.14. The van der Waals surface area contributed by atoms with Crippen molar-refractivity contribution < 1.29 is 57.6 Å². The largest absolute Gasteiger partial charge is 0.494 e. The third-order valence-electron chi connectivity index (χ3n) is 9.39. The molecule has 5 amide bonds. The van der Waals surface area contributed by atoms with Gasteiger partial charge in [0.05, 0.1) is 57.1 Å². The molecule has 6 N–H and O–H groups in total. The maximum atomic E-state index is 12.3. The van der Waals surface area contributed by atoms with Crippen LogP contribution in [0.25, 0.3) is 0 Å². The lowest BCUT2D eigenvalue weighted by atomic mass is 10.1. The van der Waals surface area contributed by atoms with Crippen molar-refractivity contribution in [1.82, 2.24) is 26.6 Å². The molecule has 1 aromatic carbocycles. The number of nitrogens with one attached hydrogen (secondary N) is 5. The summed E-state index contributed by atoms with van der Waals surface area (Å²) in [5.74, 6) is -0.865. The van der Waals surface area contributed by atoms with Crippen molar-refractivity contribution in [3.63, 3.8) is 0 Å². The Balaban J connectivity index is 1.83. The fraction of sp³-hybridized carbons (Fsp3) is 0.727. The fourth-order valence-electron chi connectivity index (χ4n) is 5.95. The summed E-state index contributed by atoms with van der Waals surface area (Å²) >= 11 is 3.12. The van der Waals surface area contributed by atoms with E-state index in [0.717, 1.165) is 64.2 Å². The van der Waals surface area contributed by atoms with Gasteiger partial charge in [-0.05, 0) is 76.6 Å². The molecular weight excluding hydrogens is 870 g/mol. The average Bonchev–Trinajstić information content (AvgIpc) is 3.25. The SMILES string of the molecule is C[C@@H](CCCCNC(=O)COCCOCCNC(=O)COCCOCCNC(=O)CC[C@H](C)NC(=O)CCCCCCCCCCCOc1ccc(C(=O)O)cc1)NC(=O)CBr. The average molecular weight is 945 g/mol. The van der Waals surface area contributed by atoms with Crippen molar-refractivity contribution in [1.29, 1.82) is 0 Å². The first-order chi connectivity index (χ1) is 30.0. The Labute approximate surface area is 376 Å². The Hall–Kier alpha value is -3.84. The summed E-state index contributed by atoms with van der Waals surface area (Å²) in [5, 5.41) is 23.4. The van der Waals surface area contributed by atoms with Crippen LogP contribution in [0.2, 0.25) is 0 Å². The molecular formula is C44H74BrN5O12. The number of ether oxygens (including phenoxy) is 5. The van der Waals surface area contributed by atoms with Crippen molar-refractivity contribution in [3.05, 3.63) is 29.8 Å². The first kappa shape index (κ1) is 56.2. The summed E-state index contributed by atoms with van der Waals surface area (Å²) in [4.78, 5) is 70.5. The molecule has 0 heterocycles. The van der Waals surface area contributed by atoms with Crippen LogP contribution in [-0.2, 0) is 42.9 Å². The van der Waals surface area contributed by atoms with Gasteiger partial charge in [0.25, 0.3) is 0 Å². The number of carboxylic acids is 1. The molecule has 18 heteroatoms. The molecule has 0 radical (unpaired) electrons. The summed E-state index contributed by atoms with van der Waals surface area (Å²) < 4.78 is 27.2. The van der Waals surface area contributed by atoms with E-state index in [-0.39, 0.29) is 92.2 Å². The molecule has 2 atom stereocenters. The van der Waals surface area contributed by atoms with Gasteiger partial charge >= 0.3 is 5.97 Å². The van der Waals surface area contributed by atoms with E-state index in [1.165, 1.54) is 12.8 Å². The van der Waals surface area contributed by atoms with Crippen LogP contribution in [0.1, 0.15) is 121 Å². The maximum absolute atomic E-state index is 12.3. The fourth-order valence-corrected chi connectivity index (χ4v) is 6.11. The third-order valence-corrected chi connectivity index (χ3v) is 9.90. The molecule has 0 saturated heterocycles. The number of carboxylic acid groups (broad SMARTS) is 1. The second-order valence-corrected chi connectivity index (χ2v) is 15.7. The molecule has 17 nitrogen and oxygen atoms in total. The van der Waals surface area contributed by atoms with Crippen molar-refractivity contribution in [3.8, 4) is 5.75 Å². The molecule has 1 rings (SSSR count). The van der Waals surface area contributed by atoms with Gasteiger partial charge < -0.3 is 55.4 Å². The van der Waals surface area contributed by atoms with E-state index in [1.807, 2.05) is 13.8 Å². The highest BCUT2D eigenvalue weighted by atomic mass is 79.9. The lowest BCUT2D eigenvalue weighted by molar-refractivity contribution is -0.127. The molecule has 0 aliphatic rings. The number of amides is 5. The zero-order valence-corrected chi connectivity index (χ0v) is 38.7. The summed E-state index contributed by atoms with van der Waals surface area (Å²) in [7, 11) is 0. The van der Waals surface area contributed by atoms with Gasteiger partial charge in [-0.3, -0.25) is 24.0 Å². The number of carbonyl (C=O) groups excluding carboxylic acids is 5. The van der Waals surface area contributed by atoms with Crippen LogP contribution in [0.5, 0.6) is 5.75 Å². The summed E-state index contributed by atoms with van der Waals surface area (Å²) in [5.41, 5.74) is 0.251. The minimum absolute atomic E-state index is 0.0160. The Kier molecular flexibility index (Phi) is 35.2. The zero-order valence-electron chi connectivity index (χ0n) is 37.1. The molecule has 354 valence electrons. The molecule has 1 aromatic rings. The number of aromatic carboxylic acids is 1. The number of carbonyl (C=O) groups is 6. The number of hydrogen-bond donors (Lipinski definition) is 6. The highest BCUT2D eigenvalue weighted by Crippen LogP contribution is 2.14. The normalized spacial score (nSPS) is 11.9. The summed E-state index contributed by atoms with van der Waals surface area (Å²) in [6.07, 6.45) is 13.6. The van der Waals surface area contributed by atoms with Gasteiger partial charge in [0.2, 0.25) is 29.5 Å². The third kappa shape index (κ3) is 34.7. The summed E-state index contributed by atoms with van der Waals surface area (Å²) in [6, 6.07) is 6.46. The number of rotatable bonds is 41.